The van der Waals surface area contributed by atoms with Crippen molar-refractivity contribution in [2.75, 3.05) is 0 Å². The quantitative estimate of drug-likeness (QED) is 0.615. The number of Topliss-reactive ketones (excluding diaryl/α,β-unsaturated/α-hetero) is 1. The Morgan fingerprint density at radius 1 is 1.19 bits per heavy atom. The zero-order valence-corrected chi connectivity index (χ0v) is 16.8. The van der Waals surface area contributed by atoms with E-state index in [9.17, 15) is 19.0 Å². The Bertz CT molecular complexity index is 699. The minimum atomic E-state index is -4.93. The molecule has 0 aliphatic rings. The largest absolute Gasteiger partial charge is 0.453 e. The van der Waals surface area contributed by atoms with Crippen LogP contribution >= 0.6 is 7.37 Å². The van der Waals surface area contributed by atoms with E-state index in [1.165, 1.54) is 0 Å². The maximum absolute atomic E-state index is 13.1. The number of rotatable bonds is 7. The van der Waals surface area contributed by atoms with Gasteiger partial charge in [0.1, 0.15) is 5.60 Å². The lowest BCUT2D eigenvalue weighted by molar-refractivity contribution is -0.123. The van der Waals surface area contributed by atoms with Crippen molar-refractivity contribution in [1.29, 1.82) is 0 Å². The van der Waals surface area contributed by atoms with Gasteiger partial charge in [-0.05, 0) is 32.3 Å². The maximum Gasteiger partial charge on any atom is 0.394 e. The highest BCUT2D eigenvalue weighted by Crippen LogP contribution is 2.56. The summed E-state index contributed by atoms with van der Waals surface area (Å²) in [6.07, 6.45) is -0.305. The van der Waals surface area contributed by atoms with Gasteiger partial charge in [-0.1, -0.05) is 44.2 Å². The minimum Gasteiger partial charge on any atom is -0.453 e. The molecule has 0 radical (unpaired) electrons. The summed E-state index contributed by atoms with van der Waals surface area (Å²) < 4.78 is 18.1. The highest BCUT2D eigenvalue weighted by molar-refractivity contribution is 7.77. The number of benzene rings is 1. The van der Waals surface area contributed by atoms with Crippen LogP contribution in [0.4, 0.5) is 4.79 Å². The summed E-state index contributed by atoms with van der Waals surface area (Å²) in [5.74, 6) is -1.16. The second-order valence-electron chi connectivity index (χ2n) is 7.78. The molecule has 1 aromatic carbocycles. The number of hydrogen-bond donors (Lipinski definition) is 3. The maximum atomic E-state index is 13.1. The Balaban J connectivity index is 3.41. The Labute approximate surface area is 154 Å². The van der Waals surface area contributed by atoms with E-state index in [1.807, 2.05) is 0 Å². The van der Waals surface area contributed by atoms with Gasteiger partial charge in [0.05, 0.1) is 6.04 Å². The summed E-state index contributed by atoms with van der Waals surface area (Å²) in [7, 11) is -4.93. The van der Waals surface area contributed by atoms with Crippen molar-refractivity contribution in [3.8, 4) is 0 Å². The van der Waals surface area contributed by atoms with Crippen LogP contribution in [0.15, 0.2) is 30.3 Å². The SMILES string of the molecule is CC(C)[C@H](N)C(=O)C(N)(Cc1ccccc1)P(=O)(O)C(=O)OC(C)(C)C. The van der Waals surface area contributed by atoms with Gasteiger partial charge < -0.3 is 21.1 Å². The summed E-state index contributed by atoms with van der Waals surface area (Å²) in [6, 6.07) is 7.40. The molecule has 26 heavy (non-hydrogen) atoms. The van der Waals surface area contributed by atoms with Crippen molar-refractivity contribution in [3.63, 3.8) is 0 Å². The molecule has 0 saturated heterocycles. The van der Waals surface area contributed by atoms with Crippen molar-refractivity contribution < 1.29 is 23.8 Å². The number of carbonyl (C=O) groups is 2. The van der Waals surface area contributed by atoms with Crippen LogP contribution in [0.2, 0.25) is 0 Å². The van der Waals surface area contributed by atoms with E-state index in [0.29, 0.717) is 5.56 Å². The standard InChI is InChI=1S/C18H29N2O5P/c1-12(2)14(19)15(21)18(20,11-13-9-7-6-8-10-13)26(23,24)16(22)25-17(3,4)5/h6-10,12,14H,11,19-20H2,1-5H3,(H,23,24)/t14-,18?/m0/s1. The molecule has 0 fully saturated rings. The number of ether oxygens (including phenoxy) is 1. The molecule has 0 heterocycles. The van der Waals surface area contributed by atoms with Crippen LogP contribution in [-0.4, -0.2) is 33.3 Å². The van der Waals surface area contributed by atoms with Crippen LogP contribution in [-0.2, 0) is 20.5 Å². The molecule has 0 saturated carbocycles. The Hall–Kier alpha value is -1.53. The molecular formula is C18H29N2O5P. The number of ketones is 1. The van der Waals surface area contributed by atoms with E-state index in [1.54, 1.807) is 65.0 Å². The molecule has 8 heteroatoms. The fourth-order valence-corrected chi connectivity index (χ4v) is 3.90. The van der Waals surface area contributed by atoms with Crippen LogP contribution in [0, 0.1) is 5.92 Å². The topological polar surface area (TPSA) is 133 Å². The van der Waals surface area contributed by atoms with Gasteiger partial charge in [0, 0.05) is 6.42 Å². The lowest BCUT2D eigenvalue weighted by Gasteiger charge is -2.35. The molecular weight excluding hydrogens is 355 g/mol. The van der Waals surface area contributed by atoms with E-state index in [-0.39, 0.29) is 12.3 Å². The first-order valence-electron chi connectivity index (χ1n) is 8.41. The highest BCUT2D eigenvalue weighted by atomic mass is 31.2. The van der Waals surface area contributed by atoms with Crippen molar-refractivity contribution in [2.45, 2.75) is 58.0 Å². The first-order valence-corrected chi connectivity index (χ1v) is 10.1. The summed E-state index contributed by atoms with van der Waals surface area (Å²) in [6.45, 7) is 8.06. The molecule has 1 rings (SSSR count). The summed E-state index contributed by atoms with van der Waals surface area (Å²) >= 11 is 0. The Kier molecular flexibility index (Phi) is 6.93. The molecule has 0 bridgehead atoms. The molecule has 0 aromatic heterocycles. The Morgan fingerprint density at radius 3 is 2.12 bits per heavy atom. The fraction of sp³-hybridized carbons (Fsp3) is 0.556. The molecule has 0 aliphatic heterocycles. The molecule has 1 aromatic rings. The first kappa shape index (κ1) is 22.5. The van der Waals surface area contributed by atoms with E-state index < -0.39 is 35.8 Å². The van der Waals surface area contributed by atoms with Crippen molar-refractivity contribution >= 4 is 18.9 Å². The fourth-order valence-electron chi connectivity index (χ4n) is 2.33. The summed E-state index contributed by atoms with van der Waals surface area (Å²) in [5, 5.41) is -2.37. The predicted molar refractivity (Wildman–Crippen MR) is 101 cm³/mol. The van der Waals surface area contributed by atoms with E-state index in [2.05, 4.69) is 0 Å². The van der Waals surface area contributed by atoms with Crippen LogP contribution < -0.4 is 11.5 Å². The lowest BCUT2D eigenvalue weighted by atomic mass is 9.92. The normalized spacial score (nSPS) is 17.9. The molecule has 3 atom stereocenters. The van der Waals surface area contributed by atoms with Gasteiger partial charge in [-0.2, -0.15) is 0 Å². The average Bonchev–Trinajstić information content (AvgIpc) is 2.52. The van der Waals surface area contributed by atoms with Gasteiger partial charge in [0.25, 0.3) is 0 Å². The minimum absolute atomic E-state index is 0.305. The highest BCUT2D eigenvalue weighted by Gasteiger charge is 2.58. The van der Waals surface area contributed by atoms with Gasteiger partial charge in [0.15, 0.2) is 11.1 Å². The predicted octanol–water partition coefficient (Wildman–Crippen LogP) is 2.64. The molecule has 0 aliphatic carbocycles. The number of carbonyl (C=O) groups excluding carboxylic acids is 2. The van der Waals surface area contributed by atoms with Crippen molar-refractivity contribution in [1.82, 2.24) is 0 Å². The van der Waals surface area contributed by atoms with E-state index >= 15 is 0 Å². The Morgan fingerprint density at radius 2 is 1.69 bits per heavy atom. The number of nitrogens with two attached hydrogens (primary N) is 2. The smallest absolute Gasteiger partial charge is 0.394 e. The van der Waals surface area contributed by atoms with Gasteiger partial charge in [-0.25, -0.2) is 4.79 Å². The summed E-state index contributed by atoms with van der Waals surface area (Å²) in [4.78, 5) is 36.0. The van der Waals surface area contributed by atoms with Crippen LogP contribution in [0.5, 0.6) is 0 Å². The molecule has 0 amide bonds. The summed E-state index contributed by atoms with van der Waals surface area (Å²) in [5.41, 5.74) is 10.2. The lowest BCUT2D eigenvalue weighted by Crippen LogP contribution is -2.58. The van der Waals surface area contributed by atoms with Crippen molar-refractivity contribution in [2.24, 2.45) is 17.4 Å². The third kappa shape index (κ3) is 5.01. The van der Waals surface area contributed by atoms with E-state index in [4.69, 9.17) is 16.2 Å². The van der Waals surface area contributed by atoms with Crippen LogP contribution in [0.3, 0.4) is 0 Å². The zero-order chi connectivity index (χ0) is 20.3. The molecule has 5 N–H and O–H groups in total. The average molecular weight is 384 g/mol. The molecule has 7 nitrogen and oxygen atoms in total. The van der Waals surface area contributed by atoms with Crippen LogP contribution in [0.25, 0.3) is 0 Å². The van der Waals surface area contributed by atoms with Gasteiger partial charge in [-0.3, -0.25) is 9.36 Å². The van der Waals surface area contributed by atoms with Crippen LogP contribution in [0.1, 0.15) is 40.2 Å². The van der Waals surface area contributed by atoms with Crippen molar-refractivity contribution in [3.05, 3.63) is 35.9 Å². The monoisotopic (exact) mass is 384 g/mol. The number of hydrogen-bond acceptors (Lipinski definition) is 6. The third-order valence-electron chi connectivity index (χ3n) is 3.95. The van der Waals surface area contributed by atoms with E-state index in [0.717, 1.165) is 0 Å². The first-order chi connectivity index (χ1) is 11.7. The van der Waals surface area contributed by atoms with Gasteiger partial charge in [0.2, 0.25) is 0 Å². The third-order valence-corrected chi connectivity index (χ3v) is 5.99. The molecule has 2 unspecified atom stereocenters. The zero-order valence-electron chi connectivity index (χ0n) is 15.9. The second kappa shape index (κ2) is 8.01. The van der Waals surface area contributed by atoms with Gasteiger partial charge >= 0.3 is 13.1 Å². The molecule has 0 spiro atoms. The second-order valence-corrected chi connectivity index (χ2v) is 10.1. The molecule has 146 valence electrons. The van der Waals surface area contributed by atoms with Gasteiger partial charge in [-0.15, -0.1) is 0 Å².